The van der Waals surface area contributed by atoms with E-state index in [9.17, 15) is 19.2 Å². The van der Waals surface area contributed by atoms with E-state index in [1.807, 2.05) is 0 Å². The van der Waals surface area contributed by atoms with E-state index in [0.29, 0.717) is 31.9 Å². The first-order valence-corrected chi connectivity index (χ1v) is 19.1. The third-order valence-corrected chi connectivity index (χ3v) is 10.4. The normalized spacial score (nSPS) is 16.4. The van der Waals surface area contributed by atoms with Crippen LogP contribution in [0, 0.1) is 0 Å². The van der Waals surface area contributed by atoms with Gasteiger partial charge in [0.15, 0.2) is 10.3 Å². The predicted molar refractivity (Wildman–Crippen MR) is 192 cm³/mol. The second-order valence-electron chi connectivity index (χ2n) is 13.4. The second-order valence-corrected chi connectivity index (χ2v) is 17.2. The first kappa shape index (κ1) is 37.1. The smallest absolute Gasteiger partial charge is 0.413 e. The second kappa shape index (κ2) is 15.8. The molecular weight excluding hydrogens is 725 g/mol. The number of amides is 4. The monoisotopic (exact) mass is 762 g/mol. The number of nitrogens with one attached hydrogen (secondary N) is 4. The van der Waals surface area contributed by atoms with E-state index < -0.39 is 23.4 Å². The van der Waals surface area contributed by atoms with Crippen molar-refractivity contribution in [2.75, 3.05) is 21.3 Å². The minimum Gasteiger partial charge on any atom is -0.444 e. The standard InChI is InChI=1S/C30H38N10O6S4/c1-29(2,3)45-27(43)35-23-31-17(13-47-23)11-19(41)33-25-39-37-21(49-25)15-8-7-9-16(10-15)22-38-40-26(50-22)34-20(42)12-18-14-48-24(32-18)36-28(44)46-30(4,5)6/h13-16H,7-12H2,1-6H3,(H,31,35,43)(H,32,36,44)(H,33,39,41)(H,34,40,42). The van der Waals surface area contributed by atoms with Gasteiger partial charge < -0.3 is 20.1 Å². The minimum atomic E-state index is -0.633. The van der Waals surface area contributed by atoms with Gasteiger partial charge in [-0.25, -0.2) is 19.6 Å². The molecule has 4 aromatic heterocycles. The van der Waals surface area contributed by atoms with Crippen molar-refractivity contribution in [1.29, 1.82) is 0 Å². The van der Waals surface area contributed by atoms with Crippen LogP contribution in [0.4, 0.5) is 30.1 Å². The molecule has 2 unspecified atom stereocenters. The fourth-order valence-electron chi connectivity index (χ4n) is 4.87. The number of hydrogen-bond donors (Lipinski definition) is 4. The summed E-state index contributed by atoms with van der Waals surface area (Å²) in [5, 5.41) is 34.5. The van der Waals surface area contributed by atoms with Crippen molar-refractivity contribution >= 4 is 89.9 Å². The Morgan fingerprint density at radius 2 is 1.08 bits per heavy atom. The highest BCUT2D eigenvalue weighted by molar-refractivity contribution is 7.16. The van der Waals surface area contributed by atoms with Crippen LogP contribution in [0.15, 0.2) is 10.8 Å². The number of thiazole rings is 2. The Morgan fingerprint density at radius 3 is 1.48 bits per heavy atom. The van der Waals surface area contributed by atoms with Crippen LogP contribution < -0.4 is 21.3 Å². The Bertz CT molecular complexity index is 1690. The summed E-state index contributed by atoms with van der Waals surface area (Å²) >= 11 is 5.10. The molecule has 4 amide bonds. The highest BCUT2D eigenvalue weighted by atomic mass is 32.1. The first-order valence-electron chi connectivity index (χ1n) is 15.7. The molecule has 4 N–H and O–H groups in total. The van der Waals surface area contributed by atoms with E-state index in [1.165, 1.54) is 45.3 Å². The van der Waals surface area contributed by atoms with Crippen molar-refractivity contribution in [3.8, 4) is 0 Å². The summed E-state index contributed by atoms with van der Waals surface area (Å²) < 4.78 is 10.5. The van der Waals surface area contributed by atoms with Gasteiger partial charge in [-0.3, -0.25) is 20.2 Å². The van der Waals surface area contributed by atoms with Crippen LogP contribution in [0.1, 0.15) is 100 Å². The summed E-state index contributed by atoms with van der Waals surface area (Å²) in [6, 6.07) is 0. The van der Waals surface area contributed by atoms with Crippen molar-refractivity contribution in [3.05, 3.63) is 32.2 Å². The van der Waals surface area contributed by atoms with Crippen molar-refractivity contribution in [1.82, 2.24) is 30.4 Å². The Hall–Kier alpha value is -4.14. The van der Waals surface area contributed by atoms with Crippen molar-refractivity contribution in [2.24, 2.45) is 0 Å². The number of carbonyl (C=O) groups is 4. The molecule has 0 spiro atoms. The summed E-state index contributed by atoms with van der Waals surface area (Å²) in [5.41, 5.74) is -0.247. The van der Waals surface area contributed by atoms with Gasteiger partial charge in [0.05, 0.1) is 24.2 Å². The molecule has 4 aromatic rings. The molecule has 1 fully saturated rings. The summed E-state index contributed by atoms with van der Waals surface area (Å²) in [5.74, 6) is -0.294. The van der Waals surface area contributed by atoms with Gasteiger partial charge in [-0.1, -0.05) is 29.1 Å². The summed E-state index contributed by atoms with van der Waals surface area (Å²) in [6.07, 6.45) is 2.44. The van der Waals surface area contributed by atoms with Gasteiger partial charge in [0.1, 0.15) is 21.2 Å². The number of carbonyl (C=O) groups excluding carboxylic acids is 4. The topological polar surface area (TPSA) is 212 Å². The van der Waals surface area contributed by atoms with Gasteiger partial charge >= 0.3 is 12.2 Å². The molecule has 1 aliphatic carbocycles. The highest BCUT2D eigenvalue weighted by Gasteiger charge is 2.30. The Kier molecular flexibility index (Phi) is 11.7. The largest absolute Gasteiger partial charge is 0.444 e. The van der Waals surface area contributed by atoms with Crippen molar-refractivity contribution < 1.29 is 28.7 Å². The Balaban J connectivity index is 1.08. The van der Waals surface area contributed by atoms with E-state index in [0.717, 1.165) is 35.7 Å². The van der Waals surface area contributed by atoms with Crippen molar-refractivity contribution in [2.45, 2.75) is 103 Å². The molecular formula is C30H38N10O6S4. The first-order chi connectivity index (χ1) is 23.6. The average molecular weight is 763 g/mol. The molecule has 5 rings (SSSR count). The lowest BCUT2D eigenvalue weighted by Crippen LogP contribution is -2.27. The average Bonchev–Trinajstić information content (AvgIpc) is 3.81. The zero-order chi connectivity index (χ0) is 36.1. The lowest BCUT2D eigenvalue weighted by Gasteiger charge is -2.25. The fourth-order valence-corrected chi connectivity index (χ4v) is 8.07. The SMILES string of the molecule is CC(C)(C)OC(=O)Nc1nc(CC(=O)Nc2nnc(C3CCCC(c4nnc(NC(=O)Cc5csc(NC(=O)OC(C)(C)C)n5)s4)C3)s2)cs1. The third-order valence-electron chi connectivity index (χ3n) is 6.75. The number of nitrogens with zero attached hydrogens (tertiary/aromatic N) is 6. The zero-order valence-corrected chi connectivity index (χ0v) is 31.6. The van der Waals surface area contributed by atoms with E-state index in [-0.39, 0.29) is 36.5 Å². The summed E-state index contributed by atoms with van der Waals surface area (Å²) in [7, 11) is 0. The quantitative estimate of drug-likeness (QED) is 0.131. The molecule has 0 bridgehead atoms. The number of anilines is 4. The molecule has 268 valence electrons. The lowest BCUT2D eigenvalue weighted by atomic mass is 9.82. The van der Waals surface area contributed by atoms with Crippen molar-refractivity contribution in [3.63, 3.8) is 0 Å². The molecule has 0 saturated heterocycles. The number of aromatic nitrogens is 6. The Labute approximate surface area is 304 Å². The molecule has 1 aliphatic rings. The molecule has 16 nitrogen and oxygen atoms in total. The van der Waals surface area contributed by atoms with E-state index in [2.05, 4.69) is 51.6 Å². The maximum atomic E-state index is 12.7. The Morgan fingerprint density at radius 1 is 0.660 bits per heavy atom. The van der Waals surface area contributed by atoms with Gasteiger partial charge in [0, 0.05) is 22.6 Å². The van der Waals surface area contributed by atoms with Gasteiger partial charge in [-0.2, -0.15) is 0 Å². The van der Waals surface area contributed by atoms with Gasteiger partial charge in [-0.05, 0) is 60.8 Å². The van der Waals surface area contributed by atoms with E-state index in [4.69, 9.17) is 9.47 Å². The van der Waals surface area contributed by atoms with Crippen LogP contribution in [-0.4, -0.2) is 65.6 Å². The van der Waals surface area contributed by atoms with Gasteiger partial charge in [-0.15, -0.1) is 43.1 Å². The molecule has 2 atom stereocenters. The molecule has 4 heterocycles. The van der Waals surface area contributed by atoms with E-state index >= 15 is 0 Å². The molecule has 50 heavy (non-hydrogen) atoms. The van der Waals surface area contributed by atoms with Crippen LogP contribution in [0.2, 0.25) is 0 Å². The van der Waals surface area contributed by atoms with E-state index in [1.54, 1.807) is 52.3 Å². The molecule has 0 radical (unpaired) electrons. The minimum absolute atomic E-state index is 0.0129. The van der Waals surface area contributed by atoms with Crippen LogP contribution >= 0.6 is 45.3 Å². The van der Waals surface area contributed by atoms with Crippen LogP contribution in [-0.2, 0) is 31.9 Å². The fraction of sp³-hybridized carbons (Fsp3) is 0.533. The predicted octanol–water partition coefficient (Wildman–Crippen LogP) is 6.80. The number of hydrogen-bond acceptors (Lipinski definition) is 16. The van der Waals surface area contributed by atoms with Crippen LogP contribution in [0.5, 0.6) is 0 Å². The van der Waals surface area contributed by atoms with Gasteiger partial charge in [0.25, 0.3) is 0 Å². The lowest BCUT2D eigenvalue weighted by molar-refractivity contribution is -0.116. The maximum absolute atomic E-state index is 12.7. The maximum Gasteiger partial charge on any atom is 0.413 e. The summed E-state index contributed by atoms with van der Waals surface area (Å²) in [6.45, 7) is 10.6. The number of ether oxygens (including phenoxy) is 2. The molecule has 1 saturated carbocycles. The molecule has 0 aromatic carbocycles. The summed E-state index contributed by atoms with van der Waals surface area (Å²) in [4.78, 5) is 58.0. The molecule has 20 heteroatoms. The molecule has 0 aliphatic heterocycles. The number of rotatable bonds is 10. The highest BCUT2D eigenvalue weighted by Crippen LogP contribution is 2.43. The van der Waals surface area contributed by atoms with Gasteiger partial charge in [0.2, 0.25) is 22.1 Å². The zero-order valence-electron chi connectivity index (χ0n) is 28.3. The third kappa shape index (κ3) is 11.5. The van der Waals surface area contributed by atoms with Crippen LogP contribution in [0.3, 0.4) is 0 Å². The van der Waals surface area contributed by atoms with Crippen LogP contribution in [0.25, 0.3) is 0 Å².